The third-order valence-corrected chi connectivity index (χ3v) is 2.75. The van der Waals surface area contributed by atoms with Crippen LogP contribution in [0.1, 0.15) is 10.4 Å². The summed E-state index contributed by atoms with van der Waals surface area (Å²) < 4.78 is 0. The van der Waals surface area contributed by atoms with Gasteiger partial charge in [-0.1, -0.05) is 17.7 Å². The van der Waals surface area contributed by atoms with Gasteiger partial charge in [0, 0.05) is 13.1 Å². The standard InChI is InChI=1S/C10H9ClN2O3/c11-8-6(9(14)15)2-1-3-7(8)13-5-4-12-10(13)16/h1-3H,4-5H2,(H,12,16)(H,14,15). The first-order chi connectivity index (χ1) is 7.61. The topological polar surface area (TPSA) is 69.6 Å². The molecule has 0 aliphatic carbocycles. The number of halogens is 1. The minimum Gasteiger partial charge on any atom is -0.478 e. The van der Waals surface area contributed by atoms with Gasteiger partial charge in [0.25, 0.3) is 0 Å². The zero-order chi connectivity index (χ0) is 11.7. The molecule has 0 saturated carbocycles. The lowest BCUT2D eigenvalue weighted by molar-refractivity contribution is 0.0697. The fourth-order valence-corrected chi connectivity index (χ4v) is 1.90. The summed E-state index contributed by atoms with van der Waals surface area (Å²) in [5.74, 6) is -1.11. The van der Waals surface area contributed by atoms with E-state index in [1.54, 1.807) is 12.1 Å². The molecule has 5 nitrogen and oxygen atoms in total. The number of amides is 2. The summed E-state index contributed by atoms with van der Waals surface area (Å²) in [6.07, 6.45) is 0. The van der Waals surface area contributed by atoms with Crippen LogP contribution in [0.2, 0.25) is 5.02 Å². The predicted molar refractivity (Wildman–Crippen MR) is 59.2 cm³/mol. The number of carbonyl (C=O) groups excluding carboxylic acids is 1. The second-order valence-electron chi connectivity index (χ2n) is 3.33. The Kier molecular flexibility index (Phi) is 2.70. The van der Waals surface area contributed by atoms with E-state index >= 15 is 0 Å². The molecule has 84 valence electrons. The Morgan fingerprint density at radius 2 is 2.25 bits per heavy atom. The molecule has 1 aliphatic heterocycles. The van der Waals surface area contributed by atoms with Gasteiger partial charge >= 0.3 is 12.0 Å². The van der Waals surface area contributed by atoms with Crippen LogP contribution >= 0.6 is 11.6 Å². The van der Waals surface area contributed by atoms with Crippen molar-refractivity contribution in [1.82, 2.24) is 5.32 Å². The van der Waals surface area contributed by atoms with Gasteiger partial charge in [-0.3, -0.25) is 4.90 Å². The van der Waals surface area contributed by atoms with Crippen molar-refractivity contribution < 1.29 is 14.7 Å². The quantitative estimate of drug-likeness (QED) is 0.824. The molecule has 2 rings (SSSR count). The summed E-state index contributed by atoms with van der Waals surface area (Å²) in [4.78, 5) is 23.7. The Morgan fingerprint density at radius 3 is 2.81 bits per heavy atom. The molecule has 0 unspecified atom stereocenters. The number of carbonyl (C=O) groups is 2. The van der Waals surface area contributed by atoms with Gasteiger partial charge in [-0.15, -0.1) is 0 Å². The molecule has 0 atom stereocenters. The van der Waals surface area contributed by atoms with Crippen molar-refractivity contribution in [2.45, 2.75) is 0 Å². The molecule has 16 heavy (non-hydrogen) atoms. The Labute approximate surface area is 96.6 Å². The molecule has 1 fully saturated rings. The van der Waals surface area contributed by atoms with Crippen molar-refractivity contribution in [2.75, 3.05) is 18.0 Å². The number of rotatable bonds is 2. The van der Waals surface area contributed by atoms with Gasteiger partial charge in [-0.2, -0.15) is 0 Å². The summed E-state index contributed by atoms with van der Waals surface area (Å²) in [6, 6.07) is 4.34. The van der Waals surface area contributed by atoms with Crippen molar-refractivity contribution in [1.29, 1.82) is 0 Å². The van der Waals surface area contributed by atoms with Crippen LogP contribution in [-0.4, -0.2) is 30.2 Å². The molecule has 1 heterocycles. The normalized spacial score (nSPS) is 15.1. The number of benzene rings is 1. The van der Waals surface area contributed by atoms with E-state index in [2.05, 4.69) is 5.32 Å². The van der Waals surface area contributed by atoms with Crippen LogP contribution in [-0.2, 0) is 0 Å². The minimum atomic E-state index is -1.11. The van der Waals surface area contributed by atoms with Crippen LogP contribution in [0, 0.1) is 0 Å². The average Bonchev–Trinajstić information content (AvgIpc) is 2.64. The van der Waals surface area contributed by atoms with E-state index in [9.17, 15) is 9.59 Å². The number of nitrogens with zero attached hydrogens (tertiary/aromatic N) is 1. The molecule has 0 aromatic heterocycles. The molecule has 1 aliphatic rings. The van der Waals surface area contributed by atoms with Crippen LogP contribution in [0.3, 0.4) is 0 Å². The van der Waals surface area contributed by atoms with Gasteiger partial charge in [0.2, 0.25) is 0 Å². The van der Waals surface area contributed by atoms with Gasteiger partial charge in [0.05, 0.1) is 16.3 Å². The van der Waals surface area contributed by atoms with E-state index in [4.69, 9.17) is 16.7 Å². The Balaban J connectivity index is 2.45. The number of urea groups is 1. The first-order valence-corrected chi connectivity index (χ1v) is 5.06. The zero-order valence-corrected chi connectivity index (χ0v) is 8.99. The van der Waals surface area contributed by atoms with Gasteiger partial charge < -0.3 is 10.4 Å². The molecule has 0 bridgehead atoms. The molecular weight excluding hydrogens is 232 g/mol. The van der Waals surface area contributed by atoms with Gasteiger partial charge in [-0.05, 0) is 12.1 Å². The summed E-state index contributed by atoms with van der Waals surface area (Å²) in [6.45, 7) is 1.02. The number of aromatic carboxylic acids is 1. The lowest BCUT2D eigenvalue weighted by atomic mass is 10.2. The fourth-order valence-electron chi connectivity index (χ4n) is 1.59. The molecule has 0 radical (unpaired) electrons. The minimum absolute atomic E-state index is 0.00105. The number of hydrogen-bond donors (Lipinski definition) is 2. The summed E-state index contributed by atoms with van der Waals surface area (Å²) in [5.41, 5.74) is 0.426. The van der Waals surface area contributed by atoms with E-state index < -0.39 is 5.97 Å². The van der Waals surface area contributed by atoms with Crippen molar-refractivity contribution in [3.05, 3.63) is 28.8 Å². The maximum Gasteiger partial charge on any atom is 0.337 e. The monoisotopic (exact) mass is 240 g/mol. The van der Waals surface area contributed by atoms with Crippen LogP contribution in [0.25, 0.3) is 0 Å². The van der Waals surface area contributed by atoms with Gasteiger partial charge in [0.15, 0.2) is 0 Å². The second-order valence-corrected chi connectivity index (χ2v) is 3.71. The lowest BCUT2D eigenvalue weighted by Gasteiger charge is -2.16. The Morgan fingerprint density at radius 1 is 1.50 bits per heavy atom. The van der Waals surface area contributed by atoms with E-state index in [1.807, 2.05) is 0 Å². The largest absolute Gasteiger partial charge is 0.478 e. The third kappa shape index (κ3) is 1.69. The molecule has 1 saturated heterocycles. The van der Waals surface area contributed by atoms with Crippen molar-refractivity contribution >= 4 is 29.3 Å². The van der Waals surface area contributed by atoms with E-state index in [1.165, 1.54) is 11.0 Å². The van der Waals surface area contributed by atoms with Crippen LogP contribution in [0.4, 0.5) is 10.5 Å². The molecule has 2 N–H and O–H groups in total. The summed E-state index contributed by atoms with van der Waals surface area (Å²) >= 11 is 5.95. The number of carboxylic acid groups (broad SMARTS) is 1. The Hall–Kier alpha value is -1.75. The van der Waals surface area contributed by atoms with Crippen LogP contribution in [0.15, 0.2) is 18.2 Å². The highest BCUT2D eigenvalue weighted by Crippen LogP contribution is 2.30. The molecular formula is C10H9ClN2O3. The number of nitrogens with one attached hydrogen (secondary N) is 1. The number of anilines is 1. The Bertz CT molecular complexity index is 461. The lowest BCUT2D eigenvalue weighted by Crippen LogP contribution is -2.28. The fraction of sp³-hybridized carbons (Fsp3) is 0.200. The van der Waals surface area contributed by atoms with Crippen LogP contribution in [0.5, 0.6) is 0 Å². The third-order valence-electron chi connectivity index (χ3n) is 2.36. The molecule has 2 amide bonds. The molecule has 1 aromatic carbocycles. The van der Waals surface area contributed by atoms with Gasteiger partial charge in [0.1, 0.15) is 0 Å². The average molecular weight is 241 g/mol. The number of carboxylic acids is 1. The summed E-state index contributed by atoms with van der Waals surface area (Å²) in [7, 11) is 0. The highest BCUT2D eigenvalue weighted by molar-refractivity contribution is 6.36. The van der Waals surface area contributed by atoms with Crippen molar-refractivity contribution in [3.63, 3.8) is 0 Å². The maximum absolute atomic E-state index is 11.4. The molecule has 6 heteroatoms. The number of hydrogen-bond acceptors (Lipinski definition) is 2. The van der Waals surface area contributed by atoms with Crippen molar-refractivity contribution in [2.24, 2.45) is 0 Å². The van der Waals surface area contributed by atoms with E-state index in [0.717, 1.165) is 0 Å². The second kappa shape index (κ2) is 4.02. The highest BCUT2D eigenvalue weighted by atomic mass is 35.5. The van der Waals surface area contributed by atoms with Crippen molar-refractivity contribution in [3.8, 4) is 0 Å². The SMILES string of the molecule is O=C(O)c1cccc(N2CCNC2=O)c1Cl. The van der Waals surface area contributed by atoms with Gasteiger partial charge in [-0.25, -0.2) is 9.59 Å². The maximum atomic E-state index is 11.4. The summed E-state index contributed by atoms with van der Waals surface area (Å²) in [5, 5.41) is 11.6. The smallest absolute Gasteiger partial charge is 0.337 e. The zero-order valence-electron chi connectivity index (χ0n) is 8.24. The molecule has 1 aromatic rings. The first-order valence-electron chi connectivity index (χ1n) is 4.68. The predicted octanol–water partition coefficient (Wildman–Crippen LogP) is 1.57. The molecule has 0 spiro atoms. The van der Waals surface area contributed by atoms with E-state index in [-0.39, 0.29) is 16.6 Å². The first kappa shape index (κ1) is 10.8. The van der Waals surface area contributed by atoms with Crippen LogP contribution < -0.4 is 10.2 Å². The van der Waals surface area contributed by atoms with E-state index in [0.29, 0.717) is 18.8 Å². The highest BCUT2D eigenvalue weighted by Gasteiger charge is 2.25.